The molecular weight excluding hydrogens is 396 g/mol. The van der Waals surface area contributed by atoms with E-state index in [0.29, 0.717) is 30.8 Å². The van der Waals surface area contributed by atoms with Gasteiger partial charge in [0.25, 0.3) is 0 Å². The van der Waals surface area contributed by atoms with E-state index in [-0.39, 0.29) is 24.5 Å². The molecule has 31 heavy (non-hydrogen) atoms. The average molecular weight is 420 g/mol. The van der Waals surface area contributed by atoms with Crippen molar-refractivity contribution in [3.63, 3.8) is 0 Å². The van der Waals surface area contributed by atoms with Gasteiger partial charge in [-0.05, 0) is 29.7 Å². The number of para-hydroxylation sites is 1. The van der Waals surface area contributed by atoms with Crippen molar-refractivity contribution in [2.45, 2.75) is 19.6 Å². The topological polar surface area (TPSA) is 104 Å². The molecule has 0 fully saturated rings. The summed E-state index contributed by atoms with van der Waals surface area (Å²) in [7, 11) is 0. The minimum absolute atomic E-state index is 0.0262. The Bertz CT molecular complexity index is 1040. The van der Waals surface area contributed by atoms with Gasteiger partial charge in [-0.3, -0.25) is 14.9 Å². The maximum absolute atomic E-state index is 13.0. The van der Waals surface area contributed by atoms with Crippen LogP contribution in [0.1, 0.15) is 33.5 Å². The highest BCUT2D eigenvalue weighted by Crippen LogP contribution is 2.34. The van der Waals surface area contributed by atoms with Crippen molar-refractivity contribution in [1.29, 1.82) is 0 Å². The number of rotatable bonds is 10. The van der Waals surface area contributed by atoms with Gasteiger partial charge in [-0.1, -0.05) is 60.7 Å². The second-order valence-corrected chi connectivity index (χ2v) is 7.10. The Morgan fingerprint density at radius 3 is 2.19 bits per heavy atom. The fraction of sp³-hybridized carbons (Fsp3) is 0.208. The lowest BCUT2D eigenvalue weighted by Gasteiger charge is -2.25. The Kier molecular flexibility index (Phi) is 7.48. The molecule has 0 unspecified atom stereocenters. The number of nitrogens with zero attached hydrogens (tertiary/aromatic N) is 2. The molecule has 2 N–H and O–H groups in total. The monoisotopic (exact) mass is 420 g/mol. The molecule has 0 aliphatic heterocycles. The first kappa shape index (κ1) is 22.1. The summed E-state index contributed by atoms with van der Waals surface area (Å²) in [5.74, 6) is -0.413. The van der Waals surface area contributed by atoms with Crippen molar-refractivity contribution in [2.75, 3.05) is 18.1 Å². The molecular formula is C24H24N2O5. The largest absolute Gasteiger partial charge is 0.396 e. The van der Waals surface area contributed by atoms with Crippen LogP contribution in [-0.4, -0.2) is 34.1 Å². The van der Waals surface area contributed by atoms with E-state index >= 15 is 0 Å². The van der Waals surface area contributed by atoms with Crippen LogP contribution in [0.15, 0.2) is 72.8 Å². The summed E-state index contributed by atoms with van der Waals surface area (Å²) in [6.07, 6.45) is 0.419. The highest BCUT2D eigenvalue weighted by atomic mass is 16.6. The molecule has 7 heteroatoms. The van der Waals surface area contributed by atoms with Crippen molar-refractivity contribution < 1.29 is 19.9 Å². The predicted molar refractivity (Wildman–Crippen MR) is 118 cm³/mol. The van der Waals surface area contributed by atoms with Gasteiger partial charge in [-0.15, -0.1) is 0 Å². The average Bonchev–Trinajstić information content (AvgIpc) is 2.81. The first-order valence-electron chi connectivity index (χ1n) is 9.96. The number of carbonyl (C=O) groups is 1. The van der Waals surface area contributed by atoms with E-state index in [9.17, 15) is 25.1 Å². The van der Waals surface area contributed by atoms with Crippen LogP contribution in [-0.2, 0) is 13.2 Å². The number of benzene rings is 3. The third-order valence-electron chi connectivity index (χ3n) is 4.98. The van der Waals surface area contributed by atoms with Gasteiger partial charge in [-0.2, -0.15) is 0 Å². The lowest BCUT2D eigenvalue weighted by atomic mass is 10.00. The van der Waals surface area contributed by atoms with Gasteiger partial charge < -0.3 is 15.1 Å². The maximum atomic E-state index is 13.0. The fourth-order valence-corrected chi connectivity index (χ4v) is 3.42. The molecule has 0 radical (unpaired) electrons. The lowest BCUT2D eigenvalue weighted by Crippen LogP contribution is -2.26. The Balaban J connectivity index is 2.03. The quantitative estimate of drug-likeness (QED) is 0.294. The van der Waals surface area contributed by atoms with Crippen molar-refractivity contribution in [1.82, 2.24) is 0 Å². The lowest BCUT2D eigenvalue weighted by molar-refractivity contribution is -0.384. The van der Waals surface area contributed by atoms with Gasteiger partial charge in [0, 0.05) is 25.3 Å². The molecule has 0 atom stereocenters. The SMILES string of the molecule is O=C(c1ccccc1)c1cccc(N(CCCO)Cc2ccc(CO)cc2)c1[N+](=O)[O-]. The number of carbonyl (C=O) groups excluding carboxylic acids is 1. The van der Waals surface area contributed by atoms with E-state index in [1.165, 1.54) is 6.07 Å². The third-order valence-corrected chi connectivity index (χ3v) is 4.98. The van der Waals surface area contributed by atoms with Crippen molar-refractivity contribution in [2.24, 2.45) is 0 Å². The van der Waals surface area contributed by atoms with Gasteiger partial charge in [0.05, 0.1) is 11.5 Å². The standard InChI is InChI=1S/C24H24N2O5/c27-15-5-14-25(16-18-10-12-19(17-28)13-11-18)22-9-4-8-21(23(22)26(30)31)24(29)20-6-2-1-3-7-20/h1-4,6-13,27-28H,5,14-17H2. The minimum Gasteiger partial charge on any atom is -0.396 e. The smallest absolute Gasteiger partial charge is 0.303 e. The number of hydrogen-bond acceptors (Lipinski definition) is 6. The Hall–Kier alpha value is -3.55. The third kappa shape index (κ3) is 5.33. The first-order valence-corrected chi connectivity index (χ1v) is 9.96. The van der Waals surface area contributed by atoms with Crippen LogP contribution in [0.3, 0.4) is 0 Å². The van der Waals surface area contributed by atoms with E-state index in [2.05, 4.69) is 0 Å². The fourth-order valence-electron chi connectivity index (χ4n) is 3.42. The highest BCUT2D eigenvalue weighted by Gasteiger charge is 2.28. The number of nitro benzene ring substituents is 1. The van der Waals surface area contributed by atoms with Gasteiger partial charge >= 0.3 is 5.69 Å². The highest BCUT2D eigenvalue weighted by molar-refractivity contribution is 6.12. The minimum atomic E-state index is -0.522. The van der Waals surface area contributed by atoms with E-state index < -0.39 is 10.7 Å². The summed E-state index contributed by atoms with van der Waals surface area (Å²) in [5, 5.41) is 30.6. The van der Waals surface area contributed by atoms with Crippen molar-refractivity contribution in [3.8, 4) is 0 Å². The Labute approximate surface area is 180 Å². The van der Waals surface area contributed by atoms with E-state index in [1.54, 1.807) is 59.5 Å². The zero-order chi connectivity index (χ0) is 22.2. The molecule has 0 spiro atoms. The molecule has 0 heterocycles. The summed E-state index contributed by atoms with van der Waals surface area (Å²) in [4.78, 5) is 26.3. The van der Waals surface area contributed by atoms with E-state index in [1.807, 2.05) is 12.1 Å². The van der Waals surface area contributed by atoms with Gasteiger partial charge in [0.2, 0.25) is 0 Å². The second-order valence-electron chi connectivity index (χ2n) is 7.10. The Morgan fingerprint density at radius 2 is 1.58 bits per heavy atom. The van der Waals surface area contributed by atoms with Crippen LogP contribution in [0.25, 0.3) is 0 Å². The number of nitro groups is 1. The van der Waals surface area contributed by atoms with Crippen LogP contribution < -0.4 is 4.90 Å². The van der Waals surface area contributed by atoms with Crippen LogP contribution >= 0.6 is 0 Å². The molecule has 3 aromatic rings. The normalized spacial score (nSPS) is 10.6. The summed E-state index contributed by atoms with van der Waals surface area (Å²) in [5.41, 5.74) is 2.15. The van der Waals surface area contributed by atoms with Crippen molar-refractivity contribution >= 4 is 17.2 Å². The Morgan fingerprint density at radius 1 is 0.903 bits per heavy atom. The molecule has 7 nitrogen and oxygen atoms in total. The molecule has 0 aliphatic carbocycles. The molecule has 0 amide bonds. The summed E-state index contributed by atoms with van der Waals surface area (Å²) in [6.45, 7) is 0.609. The number of anilines is 1. The van der Waals surface area contributed by atoms with Crippen LogP contribution in [0.4, 0.5) is 11.4 Å². The second kappa shape index (κ2) is 10.5. The zero-order valence-corrected chi connectivity index (χ0v) is 17.0. The van der Waals surface area contributed by atoms with E-state index in [4.69, 9.17) is 0 Å². The van der Waals surface area contributed by atoms with Crippen LogP contribution in [0.5, 0.6) is 0 Å². The number of aliphatic hydroxyl groups excluding tert-OH is 2. The number of ketones is 1. The summed E-state index contributed by atoms with van der Waals surface area (Å²) < 4.78 is 0. The summed E-state index contributed by atoms with van der Waals surface area (Å²) in [6, 6.07) is 20.5. The molecule has 0 aromatic heterocycles. The molecule has 0 bridgehead atoms. The number of aliphatic hydroxyl groups is 2. The maximum Gasteiger partial charge on any atom is 0.303 e. The van der Waals surface area contributed by atoms with Crippen LogP contribution in [0, 0.1) is 10.1 Å². The molecule has 3 rings (SSSR count). The molecule has 3 aromatic carbocycles. The molecule has 0 aliphatic rings. The van der Waals surface area contributed by atoms with Gasteiger partial charge in [0.1, 0.15) is 11.3 Å². The zero-order valence-electron chi connectivity index (χ0n) is 17.0. The molecule has 0 saturated heterocycles. The van der Waals surface area contributed by atoms with Crippen LogP contribution in [0.2, 0.25) is 0 Å². The molecule has 160 valence electrons. The van der Waals surface area contributed by atoms with Gasteiger partial charge in [0.15, 0.2) is 5.78 Å². The molecule has 0 saturated carbocycles. The first-order chi connectivity index (χ1) is 15.0. The van der Waals surface area contributed by atoms with Crippen molar-refractivity contribution in [3.05, 3.63) is 105 Å². The van der Waals surface area contributed by atoms with E-state index in [0.717, 1.165) is 11.1 Å². The van der Waals surface area contributed by atoms with Gasteiger partial charge in [-0.25, -0.2) is 0 Å². The summed E-state index contributed by atoms with van der Waals surface area (Å²) >= 11 is 0. The predicted octanol–water partition coefficient (Wildman–Crippen LogP) is 3.71. The number of hydrogen-bond donors (Lipinski definition) is 2.